The molecule has 0 aromatic carbocycles. The Labute approximate surface area is 237 Å². The molecular weight excluding hydrogens is 651 g/mol. The maximum atomic E-state index is 14.3. The van der Waals surface area contributed by atoms with Gasteiger partial charge in [-0.2, -0.15) is 65.5 Å². The lowest BCUT2D eigenvalue weighted by molar-refractivity contribution is -0.733. The van der Waals surface area contributed by atoms with Crippen molar-refractivity contribution in [2.45, 2.75) is 112 Å². The molecule has 0 aliphatic carbocycles. The molecule has 0 atom stereocenters. The second-order valence-corrected chi connectivity index (χ2v) is 12.1. The molecule has 0 saturated carbocycles. The Morgan fingerprint density at radius 3 is 1.83 bits per heavy atom. The molecule has 0 radical (unpaired) electrons. The van der Waals surface area contributed by atoms with Crippen LogP contribution in [0.25, 0.3) is 0 Å². The van der Waals surface area contributed by atoms with Gasteiger partial charge in [0.1, 0.15) is 12.4 Å². The van der Waals surface area contributed by atoms with E-state index in [4.69, 9.17) is 4.55 Å². The minimum atomic E-state index is -7.95. The number of hydrogen-bond acceptors (Lipinski definition) is 3. The zero-order valence-electron chi connectivity index (χ0n) is 22.0. The standard InChI is InChI=1S/C22H29F13N2O3S2/c1-2-3-4-5-6-7-10-36-12-13-37(16(36)41-14-8-15-42(38,39)40)11-9-17(23,24)18(25,26)19(27,28)20(29,30)21(31,32)22(33,34)35/h12-13H,2-11,14-15H2,1H3/p+1. The summed E-state index contributed by atoms with van der Waals surface area (Å²) in [5.41, 5.74) is 0. The van der Waals surface area contributed by atoms with Gasteiger partial charge in [-0.3, -0.25) is 4.55 Å². The molecule has 0 amide bonds. The van der Waals surface area contributed by atoms with Crippen LogP contribution in [0.4, 0.5) is 57.1 Å². The first kappa shape index (κ1) is 38.6. The van der Waals surface area contributed by atoms with Gasteiger partial charge in [-0.25, -0.2) is 9.13 Å². The van der Waals surface area contributed by atoms with E-state index < -0.39 is 64.6 Å². The zero-order valence-corrected chi connectivity index (χ0v) is 23.7. The molecule has 0 aliphatic rings. The lowest BCUT2D eigenvalue weighted by Crippen LogP contribution is -2.70. The third kappa shape index (κ3) is 8.81. The highest BCUT2D eigenvalue weighted by Gasteiger charge is 2.90. The molecule has 1 rings (SSSR count). The maximum absolute atomic E-state index is 14.3. The molecule has 1 aromatic rings. The fourth-order valence-corrected chi connectivity index (χ4v) is 5.45. The van der Waals surface area contributed by atoms with Crippen LogP contribution in [-0.4, -0.2) is 64.8 Å². The van der Waals surface area contributed by atoms with Crippen LogP contribution in [0.5, 0.6) is 0 Å². The van der Waals surface area contributed by atoms with Crippen LogP contribution >= 0.6 is 11.8 Å². The molecule has 1 N–H and O–H groups in total. The van der Waals surface area contributed by atoms with Crippen LogP contribution in [0, 0.1) is 0 Å². The van der Waals surface area contributed by atoms with Crippen molar-refractivity contribution in [2.75, 3.05) is 11.5 Å². The Balaban J connectivity index is 3.20. The number of aryl methyl sites for hydroxylation is 2. The van der Waals surface area contributed by atoms with Crippen molar-refractivity contribution in [1.82, 2.24) is 4.57 Å². The molecule has 0 aliphatic heterocycles. The number of rotatable bonds is 19. The summed E-state index contributed by atoms with van der Waals surface area (Å²) < 4.78 is 207. The molecule has 20 heteroatoms. The summed E-state index contributed by atoms with van der Waals surface area (Å²) in [6.07, 6.45) is -2.72. The molecule has 42 heavy (non-hydrogen) atoms. The van der Waals surface area contributed by atoms with E-state index in [0.29, 0.717) is 6.42 Å². The summed E-state index contributed by atoms with van der Waals surface area (Å²) in [5, 5.41) is 0.0127. The summed E-state index contributed by atoms with van der Waals surface area (Å²) in [6, 6.07) is 0. The molecule has 5 nitrogen and oxygen atoms in total. The fraction of sp³-hybridized carbons (Fsp3) is 0.864. The van der Waals surface area contributed by atoms with E-state index in [1.165, 1.54) is 10.8 Å². The Morgan fingerprint density at radius 1 is 0.786 bits per heavy atom. The van der Waals surface area contributed by atoms with Gasteiger partial charge in [-0.15, -0.1) is 0 Å². The van der Waals surface area contributed by atoms with Crippen molar-refractivity contribution in [2.24, 2.45) is 0 Å². The lowest BCUT2D eigenvalue weighted by atomic mass is 9.92. The molecule has 0 spiro atoms. The number of aromatic nitrogens is 2. The van der Waals surface area contributed by atoms with E-state index in [-0.39, 0.29) is 23.9 Å². The second kappa shape index (κ2) is 14.1. The van der Waals surface area contributed by atoms with Crippen molar-refractivity contribution < 1.29 is 74.6 Å². The molecule has 0 unspecified atom stereocenters. The molecule has 1 heterocycles. The van der Waals surface area contributed by atoms with Crippen molar-refractivity contribution >= 4 is 21.9 Å². The van der Waals surface area contributed by atoms with Gasteiger partial charge >= 0.3 is 40.9 Å². The van der Waals surface area contributed by atoms with Gasteiger partial charge in [0, 0.05) is 5.75 Å². The normalized spacial score (nSPS) is 14.5. The summed E-state index contributed by atoms with van der Waals surface area (Å²) in [4.78, 5) is 0. The van der Waals surface area contributed by atoms with Gasteiger partial charge < -0.3 is 0 Å². The number of imidazole rings is 1. The van der Waals surface area contributed by atoms with E-state index in [1.54, 1.807) is 0 Å². The van der Waals surface area contributed by atoms with Crippen molar-refractivity contribution in [1.29, 1.82) is 0 Å². The van der Waals surface area contributed by atoms with Crippen LogP contribution in [0.1, 0.15) is 58.3 Å². The van der Waals surface area contributed by atoms with Crippen LogP contribution in [-0.2, 0) is 23.2 Å². The van der Waals surface area contributed by atoms with E-state index in [9.17, 15) is 65.5 Å². The van der Waals surface area contributed by atoms with E-state index in [1.807, 2.05) is 6.92 Å². The van der Waals surface area contributed by atoms with Gasteiger partial charge in [0.05, 0.1) is 25.3 Å². The van der Waals surface area contributed by atoms with E-state index in [2.05, 4.69) is 0 Å². The quantitative estimate of drug-likeness (QED) is 0.0537. The van der Waals surface area contributed by atoms with Crippen LogP contribution < -0.4 is 4.57 Å². The van der Waals surface area contributed by atoms with Crippen LogP contribution in [0.2, 0.25) is 0 Å². The molecule has 248 valence electrons. The van der Waals surface area contributed by atoms with Gasteiger partial charge in [-0.05, 0) is 31.0 Å². The monoisotopic (exact) mass is 681 g/mol. The Hall–Kier alpha value is -1.44. The van der Waals surface area contributed by atoms with Crippen LogP contribution in [0.15, 0.2) is 17.6 Å². The minimum absolute atomic E-state index is 0.0127. The predicted octanol–water partition coefficient (Wildman–Crippen LogP) is 7.64. The lowest BCUT2D eigenvalue weighted by Gasteiger charge is -2.39. The molecule has 1 aromatic heterocycles. The third-order valence-corrected chi connectivity index (χ3v) is 8.14. The zero-order chi connectivity index (χ0) is 32.8. The summed E-state index contributed by atoms with van der Waals surface area (Å²) in [7, 11) is -4.37. The third-order valence-electron chi connectivity index (χ3n) is 6.11. The minimum Gasteiger partial charge on any atom is -0.286 e. The number of nitrogens with zero attached hydrogens (tertiary/aromatic N) is 2. The van der Waals surface area contributed by atoms with Crippen molar-refractivity contribution in [3.63, 3.8) is 0 Å². The highest BCUT2D eigenvalue weighted by Crippen LogP contribution is 2.60. The van der Waals surface area contributed by atoms with Crippen LogP contribution in [0.3, 0.4) is 0 Å². The SMILES string of the molecule is CCCCCCCC[n+]1ccn(CCC(F)(F)C(F)(F)C(F)(F)C(F)(F)C(F)(F)C(F)(F)F)c1SCCCS(=O)(=O)O. The largest absolute Gasteiger partial charge is 0.460 e. The summed E-state index contributed by atoms with van der Waals surface area (Å²) in [6.45, 7) is 0.932. The summed E-state index contributed by atoms with van der Waals surface area (Å²) >= 11 is 0.793. The average Bonchev–Trinajstić information content (AvgIpc) is 3.22. The number of thioether (sulfide) groups is 1. The maximum Gasteiger partial charge on any atom is 0.460 e. The second-order valence-electron chi connectivity index (χ2n) is 9.47. The topological polar surface area (TPSA) is 63.2 Å². The number of hydrogen-bond donors (Lipinski definition) is 1. The van der Waals surface area contributed by atoms with E-state index in [0.717, 1.165) is 54.6 Å². The Bertz CT molecular complexity index is 1110. The average molecular weight is 682 g/mol. The van der Waals surface area contributed by atoms with E-state index >= 15 is 0 Å². The smallest absolute Gasteiger partial charge is 0.286 e. The van der Waals surface area contributed by atoms with Gasteiger partial charge in [-0.1, -0.05) is 32.6 Å². The first-order valence-corrected chi connectivity index (χ1v) is 15.1. The van der Waals surface area contributed by atoms with Gasteiger partial charge in [0.2, 0.25) is 0 Å². The van der Waals surface area contributed by atoms with Gasteiger partial charge in [0.15, 0.2) is 0 Å². The number of halogens is 13. The predicted molar refractivity (Wildman–Crippen MR) is 125 cm³/mol. The Morgan fingerprint density at radius 2 is 1.31 bits per heavy atom. The fourth-order valence-electron chi connectivity index (χ4n) is 3.65. The first-order valence-electron chi connectivity index (χ1n) is 12.5. The molecule has 0 fully saturated rings. The summed E-state index contributed by atoms with van der Waals surface area (Å²) in [5.74, 6) is -37.9. The van der Waals surface area contributed by atoms with Crippen molar-refractivity contribution in [3.8, 4) is 0 Å². The number of unbranched alkanes of at least 4 members (excludes halogenated alkanes) is 5. The highest BCUT2D eigenvalue weighted by molar-refractivity contribution is 7.99. The molecule has 0 saturated heterocycles. The Kier molecular flexibility index (Phi) is 13.0. The molecular formula is C22H30F13N2O3S2+. The first-order chi connectivity index (χ1) is 18.9. The van der Waals surface area contributed by atoms with Gasteiger partial charge in [0.25, 0.3) is 10.1 Å². The van der Waals surface area contributed by atoms with Crippen molar-refractivity contribution in [3.05, 3.63) is 12.4 Å². The molecule has 0 bridgehead atoms. The number of alkyl halides is 13. The highest BCUT2D eigenvalue weighted by atomic mass is 32.2.